The quantitative estimate of drug-likeness (QED) is 0.151. The maximum absolute atomic E-state index is 12.6. The second-order valence-electron chi connectivity index (χ2n) is 11.9. The lowest BCUT2D eigenvalue weighted by Gasteiger charge is -2.26. The summed E-state index contributed by atoms with van der Waals surface area (Å²) in [6.07, 6.45) is 14.8. The third-order valence-electron chi connectivity index (χ3n) is 7.26. The molecule has 6 atom stereocenters. The number of ether oxygens (including phenoxy) is 2. The summed E-state index contributed by atoms with van der Waals surface area (Å²) in [6.45, 7) is 13.5. The van der Waals surface area contributed by atoms with Crippen molar-refractivity contribution in [2.24, 2.45) is 11.8 Å². The van der Waals surface area contributed by atoms with Gasteiger partial charge in [-0.1, -0.05) is 80.4 Å². The fourth-order valence-corrected chi connectivity index (χ4v) is 4.78. The van der Waals surface area contributed by atoms with E-state index in [-0.39, 0.29) is 36.5 Å². The molecule has 0 bridgehead atoms. The summed E-state index contributed by atoms with van der Waals surface area (Å²) in [5, 5.41) is 29.3. The molecule has 7 nitrogen and oxygen atoms in total. The molecular formula is C34H54O7. The zero-order chi connectivity index (χ0) is 30.9. The Labute approximate surface area is 247 Å². The lowest BCUT2D eigenvalue weighted by Crippen LogP contribution is -2.27. The van der Waals surface area contributed by atoms with Crippen molar-refractivity contribution >= 4 is 11.9 Å². The number of aliphatic hydroxyl groups excluding tert-OH is 3. The maximum Gasteiger partial charge on any atom is 0.331 e. The Morgan fingerprint density at radius 2 is 1.63 bits per heavy atom. The Morgan fingerprint density at radius 3 is 2.29 bits per heavy atom. The predicted octanol–water partition coefficient (Wildman–Crippen LogP) is 6.29. The van der Waals surface area contributed by atoms with Crippen LogP contribution >= 0.6 is 0 Å². The van der Waals surface area contributed by atoms with Gasteiger partial charge in [0.1, 0.15) is 12.2 Å². The summed E-state index contributed by atoms with van der Waals surface area (Å²) in [4.78, 5) is 24.9. The number of carbonyl (C=O) groups is 2. The number of esters is 2. The fraction of sp³-hybridized carbons (Fsp3) is 0.647. The van der Waals surface area contributed by atoms with Crippen LogP contribution in [0.25, 0.3) is 0 Å². The van der Waals surface area contributed by atoms with Gasteiger partial charge in [0.2, 0.25) is 0 Å². The van der Waals surface area contributed by atoms with Crippen molar-refractivity contribution in [2.75, 3.05) is 0 Å². The molecule has 1 aliphatic heterocycles. The molecule has 0 unspecified atom stereocenters. The van der Waals surface area contributed by atoms with Gasteiger partial charge in [0.25, 0.3) is 0 Å². The van der Waals surface area contributed by atoms with E-state index in [1.165, 1.54) is 6.08 Å². The van der Waals surface area contributed by atoms with E-state index in [2.05, 4.69) is 20.8 Å². The van der Waals surface area contributed by atoms with Crippen molar-refractivity contribution in [3.63, 3.8) is 0 Å². The molecule has 1 rings (SSSR count). The van der Waals surface area contributed by atoms with Crippen molar-refractivity contribution in [2.45, 2.75) is 130 Å². The van der Waals surface area contributed by atoms with Gasteiger partial charge in [0.05, 0.1) is 18.3 Å². The monoisotopic (exact) mass is 574 g/mol. The van der Waals surface area contributed by atoms with Crippen LogP contribution in [0.3, 0.4) is 0 Å². The maximum atomic E-state index is 12.6. The summed E-state index contributed by atoms with van der Waals surface area (Å²) in [6, 6.07) is 0. The van der Waals surface area contributed by atoms with Crippen LogP contribution < -0.4 is 0 Å². The van der Waals surface area contributed by atoms with Crippen LogP contribution in [-0.4, -0.2) is 57.8 Å². The van der Waals surface area contributed by atoms with Crippen LogP contribution in [0.15, 0.2) is 59.3 Å². The minimum Gasteiger partial charge on any atom is -0.462 e. The average Bonchev–Trinajstić information content (AvgIpc) is 2.87. The summed E-state index contributed by atoms with van der Waals surface area (Å²) in [7, 11) is 0. The minimum atomic E-state index is -1.05. The van der Waals surface area contributed by atoms with E-state index in [1.54, 1.807) is 19.1 Å². The van der Waals surface area contributed by atoms with Crippen LogP contribution in [0, 0.1) is 11.8 Å². The van der Waals surface area contributed by atoms with Crippen LogP contribution in [0.1, 0.15) is 99.8 Å². The first kappa shape index (κ1) is 36.5. The van der Waals surface area contributed by atoms with E-state index in [0.29, 0.717) is 25.2 Å². The first-order valence-corrected chi connectivity index (χ1v) is 15.1. The van der Waals surface area contributed by atoms with E-state index >= 15 is 0 Å². The molecule has 1 fully saturated rings. The van der Waals surface area contributed by atoms with Gasteiger partial charge < -0.3 is 24.8 Å². The fourth-order valence-electron chi connectivity index (χ4n) is 4.78. The lowest BCUT2D eigenvalue weighted by atomic mass is 9.92. The number of cyclic esters (lactones) is 1. The molecular weight excluding hydrogens is 520 g/mol. The first-order valence-electron chi connectivity index (χ1n) is 15.1. The highest BCUT2D eigenvalue weighted by Crippen LogP contribution is 2.24. The molecule has 1 heterocycles. The lowest BCUT2D eigenvalue weighted by molar-refractivity contribution is -0.152. The third-order valence-corrected chi connectivity index (χ3v) is 7.26. The number of carbonyl (C=O) groups excluding carboxylic acids is 2. The van der Waals surface area contributed by atoms with Gasteiger partial charge in [-0.15, -0.1) is 0 Å². The molecule has 1 saturated heterocycles. The first-order chi connectivity index (χ1) is 19.3. The largest absolute Gasteiger partial charge is 0.462 e. The van der Waals surface area contributed by atoms with Crippen molar-refractivity contribution in [1.29, 1.82) is 0 Å². The van der Waals surface area contributed by atoms with Crippen LogP contribution in [0.5, 0.6) is 0 Å². The molecule has 1 aliphatic rings. The summed E-state index contributed by atoms with van der Waals surface area (Å²) >= 11 is 0. The molecule has 0 aromatic heterocycles. The second kappa shape index (κ2) is 19.6. The molecule has 0 aromatic rings. The molecule has 0 aliphatic carbocycles. The van der Waals surface area contributed by atoms with Crippen molar-refractivity contribution in [3.8, 4) is 0 Å². The highest BCUT2D eigenvalue weighted by atomic mass is 16.5. The molecule has 7 heteroatoms. The van der Waals surface area contributed by atoms with Crippen molar-refractivity contribution < 1.29 is 34.4 Å². The van der Waals surface area contributed by atoms with Gasteiger partial charge in [-0.2, -0.15) is 0 Å². The average molecular weight is 575 g/mol. The zero-order valence-electron chi connectivity index (χ0n) is 26.2. The van der Waals surface area contributed by atoms with Gasteiger partial charge in [0, 0.05) is 18.9 Å². The van der Waals surface area contributed by atoms with Crippen molar-refractivity contribution in [1.82, 2.24) is 0 Å². The topological polar surface area (TPSA) is 113 Å². The van der Waals surface area contributed by atoms with Gasteiger partial charge >= 0.3 is 11.9 Å². The number of allylic oxidation sites excluding steroid dienone is 8. The molecule has 0 aromatic carbocycles. The summed E-state index contributed by atoms with van der Waals surface area (Å²) < 4.78 is 11.5. The Bertz CT molecular complexity index is 954. The predicted molar refractivity (Wildman–Crippen MR) is 164 cm³/mol. The zero-order valence-corrected chi connectivity index (χ0v) is 26.2. The highest BCUT2D eigenvalue weighted by molar-refractivity contribution is 5.82. The van der Waals surface area contributed by atoms with Crippen LogP contribution in [0.4, 0.5) is 0 Å². The smallest absolute Gasteiger partial charge is 0.331 e. The Kier molecular flexibility index (Phi) is 17.5. The molecule has 3 N–H and O–H groups in total. The molecule has 0 saturated carbocycles. The van der Waals surface area contributed by atoms with E-state index < -0.39 is 18.3 Å². The Balaban J connectivity index is 2.69. The standard InChI is InChI=1S/C34H54O7/c1-23(2)31-15-9-8-14-27(6)32(16-11-17-33(38)40-31)41-34(39)19-18-26(5)20-24(3)12-10-13-25(4)21-29(36)30(37)22-28(7)35/h10,12-13,18-21,23,27-32,35-37H,8-9,11,14-17,22H2,1-7H3/b13-10+,19-18+,24-12?,25-21+,26-20?/t27-,28-,29-,30-,31+,32-/m0/s1. The number of rotatable bonds is 11. The van der Waals surface area contributed by atoms with Gasteiger partial charge in [-0.05, 0) is 71.6 Å². The summed E-state index contributed by atoms with van der Waals surface area (Å²) in [5.41, 5.74) is 2.65. The van der Waals surface area contributed by atoms with E-state index in [1.807, 2.05) is 45.1 Å². The highest BCUT2D eigenvalue weighted by Gasteiger charge is 2.24. The van der Waals surface area contributed by atoms with E-state index in [4.69, 9.17) is 9.47 Å². The van der Waals surface area contributed by atoms with Crippen molar-refractivity contribution in [3.05, 3.63) is 59.3 Å². The van der Waals surface area contributed by atoms with Crippen LogP contribution in [-0.2, 0) is 19.1 Å². The van der Waals surface area contributed by atoms with Gasteiger partial charge in [-0.3, -0.25) is 4.79 Å². The van der Waals surface area contributed by atoms with Gasteiger partial charge in [-0.25, -0.2) is 4.79 Å². The molecule has 232 valence electrons. The molecule has 0 spiro atoms. The Morgan fingerprint density at radius 1 is 0.951 bits per heavy atom. The summed E-state index contributed by atoms with van der Waals surface area (Å²) in [5.74, 6) is -0.0318. The number of hydrogen-bond donors (Lipinski definition) is 3. The molecule has 0 radical (unpaired) electrons. The van der Waals surface area contributed by atoms with Gasteiger partial charge in [0.15, 0.2) is 0 Å². The van der Waals surface area contributed by atoms with E-state index in [0.717, 1.165) is 42.4 Å². The number of aliphatic hydroxyl groups is 3. The SMILES string of the molecule is CC(=C/C=C/C(C)=C/[C@H](O)[C@@H](O)C[C@H](C)O)C=C(C)/C=C/C(=O)O[C@H]1CCCC(=O)O[C@@H](C(C)C)CCCC[C@@H]1C. The normalized spacial score (nSPS) is 25.0. The number of hydrogen-bond acceptors (Lipinski definition) is 7. The van der Waals surface area contributed by atoms with Crippen LogP contribution in [0.2, 0.25) is 0 Å². The molecule has 41 heavy (non-hydrogen) atoms. The van der Waals surface area contributed by atoms with E-state index in [9.17, 15) is 24.9 Å². The third kappa shape index (κ3) is 16.5. The second-order valence-corrected chi connectivity index (χ2v) is 11.9. The Hall–Kier alpha value is -2.48. The molecule has 0 amide bonds. The minimum absolute atomic E-state index is 0.0244.